The molecule has 0 radical (unpaired) electrons. The van der Waals surface area contributed by atoms with Gasteiger partial charge >= 0.3 is 0 Å². The van der Waals surface area contributed by atoms with Crippen LogP contribution in [0.3, 0.4) is 0 Å². The lowest BCUT2D eigenvalue weighted by atomic mass is 10.1. The van der Waals surface area contributed by atoms with Gasteiger partial charge in [-0.3, -0.25) is 9.97 Å². The highest BCUT2D eigenvalue weighted by Crippen LogP contribution is 2.23. The van der Waals surface area contributed by atoms with Crippen molar-refractivity contribution >= 4 is 20.9 Å². The summed E-state index contributed by atoms with van der Waals surface area (Å²) in [6, 6.07) is 8.37. The molecule has 0 atom stereocenters. The minimum atomic E-state index is -3.22. The SMILES string of the molecule is CS(=O)(=O)c1ccc(-c2cncc(-c3nc4ccncc4[nH]3)n2)cc1. The predicted octanol–water partition coefficient (Wildman–Crippen LogP) is 2.49. The van der Waals surface area contributed by atoms with E-state index in [9.17, 15) is 8.42 Å². The van der Waals surface area contributed by atoms with Crippen molar-refractivity contribution in [3.63, 3.8) is 0 Å². The molecule has 1 aromatic carbocycles. The smallest absolute Gasteiger partial charge is 0.175 e. The molecule has 0 aliphatic carbocycles. The number of nitrogens with zero attached hydrogens (tertiary/aromatic N) is 4. The molecule has 0 aliphatic heterocycles. The first kappa shape index (κ1) is 15.4. The van der Waals surface area contributed by atoms with E-state index in [0.717, 1.165) is 16.6 Å². The van der Waals surface area contributed by atoms with Gasteiger partial charge in [-0.15, -0.1) is 0 Å². The second-order valence-electron chi connectivity index (χ2n) is 5.56. The number of hydrogen-bond acceptors (Lipinski definition) is 6. The van der Waals surface area contributed by atoms with Crippen molar-refractivity contribution in [1.29, 1.82) is 0 Å². The van der Waals surface area contributed by atoms with Crippen molar-refractivity contribution in [2.75, 3.05) is 6.26 Å². The van der Waals surface area contributed by atoms with Gasteiger partial charge in [-0.05, 0) is 18.2 Å². The van der Waals surface area contributed by atoms with Crippen molar-refractivity contribution in [3.8, 4) is 22.8 Å². The molecule has 3 heterocycles. The maximum atomic E-state index is 11.6. The molecule has 0 aliphatic rings. The molecule has 0 saturated heterocycles. The number of aromatic nitrogens is 5. The number of sulfone groups is 1. The van der Waals surface area contributed by atoms with Crippen molar-refractivity contribution < 1.29 is 8.42 Å². The lowest BCUT2D eigenvalue weighted by Crippen LogP contribution is -1.97. The van der Waals surface area contributed by atoms with Crippen LogP contribution in [0.25, 0.3) is 33.8 Å². The molecular formula is C17H13N5O2S. The van der Waals surface area contributed by atoms with Gasteiger partial charge in [0.25, 0.3) is 0 Å². The standard InChI is InChI=1S/C17H13N5O2S/c1-25(23,24)12-4-2-11(3-5-12)14-8-19-10-16(20-14)17-21-13-6-7-18-9-15(13)22-17/h2-10H,1H3,(H,21,22). The largest absolute Gasteiger partial charge is 0.335 e. The van der Waals surface area contributed by atoms with E-state index in [1.807, 2.05) is 6.07 Å². The quantitative estimate of drug-likeness (QED) is 0.608. The van der Waals surface area contributed by atoms with Crippen molar-refractivity contribution in [1.82, 2.24) is 24.9 Å². The molecule has 1 N–H and O–H groups in total. The Labute approximate surface area is 143 Å². The average Bonchev–Trinajstić information content (AvgIpc) is 3.05. The zero-order chi connectivity index (χ0) is 17.4. The van der Waals surface area contributed by atoms with Gasteiger partial charge in [-0.25, -0.2) is 18.4 Å². The highest BCUT2D eigenvalue weighted by Gasteiger charge is 2.10. The normalized spacial score (nSPS) is 11.7. The first-order valence-corrected chi connectivity index (χ1v) is 9.32. The first-order valence-electron chi connectivity index (χ1n) is 7.43. The van der Waals surface area contributed by atoms with Crippen LogP contribution in [0.15, 0.2) is 60.0 Å². The van der Waals surface area contributed by atoms with E-state index in [1.165, 1.54) is 6.26 Å². The van der Waals surface area contributed by atoms with Crippen LogP contribution in [0.4, 0.5) is 0 Å². The fraction of sp³-hybridized carbons (Fsp3) is 0.0588. The van der Waals surface area contributed by atoms with Crippen LogP contribution in [0, 0.1) is 0 Å². The maximum Gasteiger partial charge on any atom is 0.175 e. The number of benzene rings is 1. The molecule has 7 nitrogen and oxygen atoms in total. The van der Waals surface area contributed by atoms with Gasteiger partial charge in [0.05, 0.1) is 40.2 Å². The highest BCUT2D eigenvalue weighted by molar-refractivity contribution is 7.90. The molecule has 3 aromatic heterocycles. The maximum absolute atomic E-state index is 11.6. The van der Waals surface area contributed by atoms with Crippen LogP contribution >= 0.6 is 0 Å². The summed E-state index contributed by atoms with van der Waals surface area (Å²) >= 11 is 0. The summed E-state index contributed by atoms with van der Waals surface area (Å²) in [6.45, 7) is 0. The summed E-state index contributed by atoms with van der Waals surface area (Å²) in [5.41, 5.74) is 3.63. The third-order valence-corrected chi connectivity index (χ3v) is 4.87. The summed E-state index contributed by atoms with van der Waals surface area (Å²) in [4.78, 5) is 20.8. The summed E-state index contributed by atoms with van der Waals surface area (Å²) in [5, 5.41) is 0. The molecule has 25 heavy (non-hydrogen) atoms. The molecule has 0 spiro atoms. The Hall–Kier alpha value is -3.13. The average molecular weight is 351 g/mol. The molecule has 4 aromatic rings. The van der Waals surface area contributed by atoms with Crippen LogP contribution in [-0.2, 0) is 9.84 Å². The lowest BCUT2D eigenvalue weighted by Gasteiger charge is -2.04. The third-order valence-electron chi connectivity index (χ3n) is 3.74. The summed E-state index contributed by atoms with van der Waals surface area (Å²) in [6.07, 6.45) is 7.81. The van der Waals surface area contributed by atoms with Crippen LogP contribution in [0.1, 0.15) is 0 Å². The second-order valence-corrected chi connectivity index (χ2v) is 7.58. The number of hydrogen-bond donors (Lipinski definition) is 1. The van der Waals surface area contributed by atoms with E-state index in [4.69, 9.17) is 0 Å². The Morgan fingerprint density at radius 2 is 1.64 bits per heavy atom. The van der Waals surface area contributed by atoms with Gasteiger partial charge in [0.1, 0.15) is 5.69 Å². The second kappa shape index (κ2) is 5.75. The third kappa shape index (κ3) is 2.99. The number of imidazole rings is 1. The Morgan fingerprint density at radius 1 is 0.880 bits per heavy atom. The first-order chi connectivity index (χ1) is 12.0. The zero-order valence-electron chi connectivity index (χ0n) is 13.2. The van der Waals surface area contributed by atoms with E-state index >= 15 is 0 Å². The molecule has 0 bridgehead atoms. The summed E-state index contributed by atoms with van der Waals surface area (Å²) in [7, 11) is -3.22. The van der Waals surface area contributed by atoms with E-state index in [1.54, 1.807) is 49.1 Å². The number of pyridine rings is 1. The van der Waals surface area contributed by atoms with Crippen LogP contribution < -0.4 is 0 Å². The van der Waals surface area contributed by atoms with Crippen molar-refractivity contribution in [2.45, 2.75) is 4.90 Å². The van der Waals surface area contributed by atoms with Gasteiger partial charge in [0, 0.05) is 18.0 Å². The van der Waals surface area contributed by atoms with Gasteiger partial charge in [-0.2, -0.15) is 0 Å². The van der Waals surface area contributed by atoms with Crippen molar-refractivity contribution in [2.24, 2.45) is 0 Å². The number of rotatable bonds is 3. The summed E-state index contributed by atoms with van der Waals surface area (Å²) in [5.74, 6) is 0.602. The lowest BCUT2D eigenvalue weighted by molar-refractivity contribution is 0.602. The van der Waals surface area contributed by atoms with E-state index in [-0.39, 0.29) is 4.90 Å². The highest BCUT2D eigenvalue weighted by atomic mass is 32.2. The minimum Gasteiger partial charge on any atom is -0.335 e. The molecule has 0 unspecified atom stereocenters. The topological polar surface area (TPSA) is 101 Å². The Morgan fingerprint density at radius 3 is 2.36 bits per heavy atom. The van der Waals surface area contributed by atoms with E-state index < -0.39 is 9.84 Å². The Bertz CT molecular complexity index is 1130. The molecule has 4 rings (SSSR count). The van der Waals surface area contributed by atoms with Crippen LogP contribution in [0.5, 0.6) is 0 Å². The van der Waals surface area contributed by atoms with E-state index in [2.05, 4.69) is 24.9 Å². The van der Waals surface area contributed by atoms with Gasteiger partial charge in [0.2, 0.25) is 0 Å². The van der Waals surface area contributed by atoms with Crippen LogP contribution in [0.2, 0.25) is 0 Å². The monoisotopic (exact) mass is 351 g/mol. The fourth-order valence-corrected chi connectivity index (χ4v) is 3.10. The van der Waals surface area contributed by atoms with Gasteiger partial charge in [-0.1, -0.05) is 12.1 Å². The molecule has 124 valence electrons. The van der Waals surface area contributed by atoms with E-state index in [0.29, 0.717) is 17.2 Å². The number of aromatic amines is 1. The van der Waals surface area contributed by atoms with Gasteiger partial charge < -0.3 is 4.98 Å². The van der Waals surface area contributed by atoms with Crippen molar-refractivity contribution in [3.05, 3.63) is 55.1 Å². The molecule has 0 saturated carbocycles. The number of fused-ring (bicyclic) bond motifs is 1. The number of H-pyrrole nitrogens is 1. The number of nitrogens with one attached hydrogen (secondary N) is 1. The minimum absolute atomic E-state index is 0.269. The Kier molecular flexibility index (Phi) is 3.54. The Balaban J connectivity index is 1.74. The fourth-order valence-electron chi connectivity index (χ4n) is 2.47. The molecule has 0 fully saturated rings. The van der Waals surface area contributed by atoms with Gasteiger partial charge in [0.15, 0.2) is 15.7 Å². The zero-order valence-corrected chi connectivity index (χ0v) is 14.0. The molecule has 8 heteroatoms. The van der Waals surface area contributed by atoms with Crippen LogP contribution in [-0.4, -0.2) is 39.6 Å². The molecular weight excluding hydrogens is 338 g/mol. The molecule has 0 amide bonds. The summed E-state index contributed by atoms with van der Waals surface area (Å²) < 4.78 is 23.1. The predicted molar refractivity (Wildman–Crippen MR) is 93.5 cm³/mol.